The van der Waals surface area contributed by atoms with Crippen LogP contribution in [0.3, 0.4) is 0 Å². The molecule has 0 aromatic carbocycles. The highest BCUT2D eigenvalue weighted by molar-refractivity contribution is 5.82. The van der Waals surface area contributed by atoms with Crippen LogP contribution < -0.4 is 0 Å². The molecule has 0 saturated heterocycles. The van der Waals surface area contributed by atoms with Gasteiger partial charge in [-0.3, -0.25) is 4.98 Å². The second-order valence-electron chi connectivity index (χ2n) is 4.69. The summed E-state index contributed by atoms with van der Waals surface area (Å²) in [7, 11) is 0. The van der Waals surface area contributed by atoms with Gasteiger partial charge in [0.2, 0.25) is 0 Å². The van der Waals surface area contributed by atoms with Crippen molar-refractivity contribution < 1.29 is 0 Å². The highest BCUT2D eigenvalue weighted by Crippen LogP contribution is 2.41. The largest absolute Gasteiger partial charge is 0.344 e. The molecule has 3 rings (SSSR count). The summed E-state index contributed by atoms with van der Waals surface area (Å²) in [4.78, 5) is 4.19. The van der Waals surface area contributed by atoms with E-state index in [2.05, 4.69) is 35.7 Å². The number of hydrogen-bond donors (Lipinski definition) is 0. The van der Waals surface area contributed by atoms with Gasteiger partial charge < -0.3 is 4.57 Å². The van der Waals surface area contributed by atoms with Gasteiger partial charge in [-0.05, 0) is 44.2 Å². The smallest absolute Gasteiger partial charge is 0.0516 e. The van der Waals surface area contributed by atoms with E-state index in [9.17, 15) is 0 Å². The van der Waals surface area contributed by atoms with Gasteiger partial charge in [-0.1, -0.05) is 13.8 Å². The van der Waals surface area contributed by atoms with Gasteiger partial charge in [-0.15, -0.1) is 0 Å². The quantitative estimate of drug-likeness (QED) is 0.750. The molecule has 1 aliphatic rings. The molecule has 2 heterocycles. The summed E-state index contributed by atoms with van der Waals surface area (Å²) >= 11 is 0. The molecule has 1 fully saturated rings. The van der Waals surface area contributed by atoms with Gasteiger partial charge >= 0.3 is 0 Å². The van der Waals surface area contributed by atoms with Gasteiger partial charge in [0, 0.05) is 30.0 Å². The number of pyridine rings is 1. The lowest BCUT2D eigenvalue weighted by molar-refractivity contribution is 0.500. The van der Waals surface area contributed by atoms with Crippen molar-refractivity contribution in [2.24, 2.45) is 5.92 Å². The highest BCUT2D eigenvalue weighted by atomic mass is 15.0. The summed E-state index contributed by atoms with van der Waals surface area (Å²) in [5.74, 6) is 0.896. The number of aromatic nitrogens is 2. The van der Waals surface area contributed by atoms with Crippen molar-refractivity contribution in [3.05, 3.63) is 30.2 Å². The first-order valence-electron chi connectivity index (χ1n) is 6.68. The number of fused-ring (bicyclic) bond motifs is 1. The Labute approximate surface area is 104 Å². The van der Waals surface area contributed by atoms with E-state index >= 15 is 0 Å². The molecule has 2 aromatic rings. The summed E-state index contributed by atoms with van der Waals surface area (Å²) in [5.41, 5.74) is 2.67. The predicted octanol–water partition coefficient (Wildman–Crippen LogP) is 4.34. The Morgan fingerprint density at radius 2 is 2.06 bits per heavy atom. The van der Waals surface area contributed by atoms with Crippen LogP contribution in [0.2, 0.25) is 0 Å². The van der Waals surface area contributed by atoms with Gasteiger partial charge in [0.1, 0.15) is 0 Å². The summed E-state index contributed by atoms with van der Waals surface area (Å²) in [6.07, 6.45) is 8.92. The third-order valence-electron chi connectivity index (χ3n) is 3.58. The fourth-order valence-electron chi connectivity index (χ4n) is 2.41. The van der Waals surface area contributed by atoms with Crippen molar-refractivity contribution in [2.75, 3.05) is 0 Å². The zero-order valence-electron chi connectivity index (χ0n) is 11.3. The lowest BCUT2D eigenvalue weighted by Gasteiger charge is -2.13. The minimum Gasteiger partial charge on any atom is -0.344 e. The van der Waals surface area contributed by atoms with Crippen LogP contribution in [0.4, 0.5) is 0 Å². The van der Waals surface area contributed by atoms with Crippen LogP contribution in [-0.2, 0) is 0 Å². The molecule has 2 nitrogen and oxygen atoms in total. The third-order valence-corrected chi connectivity index (χ3v) is 3.58. The average molecular weight is 230 g/mol. The lowest BCUT2D eigenvalue weighted by Crippen LogP contribution is -2.05. The maximum absolute atomic E-state index is 4.19. The monoisotopic (exact) mass is 230 g/mol. The molecule has 17 heavy (non-hydrogen) atoms. The first-order chi connectivity index (χ1) is 8.27. The Morgan fingerprint density at radius 1 is 1.35 bits per heavy atom. The van der Waals surface area contributed by atoms with E-state index < -0.39 is 0 Å². The van der Waals surface area contributed by atoms with E-state index in [0.717, 1.165) is 5.92 Å². The Bertz CT molecular complexity index is 495. The van der Waals surface area contributed by atoms with Crippen LogP contribution in [-0.4, -0.2) is 9.55 Å². The lowest BCUT2D eigenvalue weighted by atomic mass is 10.2. The molecule has 0 radical (unpaired) electrons. The normalized spacial score (nSPS) is 16.5. The molecule has 0 bridgehead atoms. The Morgan fingerprint density at radius 3 is 2.71 bits per heavy atom. The van der Waals surface area contributed by atoms with Crippen molar-refractivity contribution in [2.45, 2.75) is 46.6 Å². The molecule has 0 N–H and O–H groups in total. The molecular formula is C15H22N2. The number of nitrogens with zero attached hydrogens (tertiary/aromatic N) is 2. The maximum atomic E-state index is 4.19. The molecule has 0 spiro atoms. The van der Waals surface area contributed by atoms with Crippen molar-refractivity contribution in [3.63, 3.8) is 0 Å². The minimum atomic E-state index is 0.642. The van der Waals surface area contributed by atoms with Gasteiger partial charge in [0.05, 0.1) is 5.52 Å². The molecule has 92 valence electrons. The Kier molecular flexibility index (Phi) is 3.51. The van der Waals surface area contributed by atoms with Gasteiger partial charge in [-0.25, -0.2) is 0 Å². The highest BCUT2D eigenvalue weighted by Gasteiger charge is 2.29. The fourth-order valence-corrected chi connectivity index (χ4v) is 2.41. The van der Waals surface area contributed by atoms with Crippen molar-refractivity contribution in [1.82, 2.24) is 9.55 Å². The van der Waals surface area contributed by atoms with E-state index in [-0.39, 0.29) is 0 Å². The van der Waals surface area contributed by atoms with Gasteiger partial charge in [0.25, 0.3) is 0 Å². The van der Waals surface area contributed by atoms with Crippen LogP contribution in [0.5, 0.6) is 0 Å². The molecule has 2 aromatic heterocycles. The Hall–Kier alpha value is -1.31. The molecule has 1 unspecified atom stereocenters. The summed E-state index contributed by atoms with van der Waals surface area (Å²) in [6, 6.07) is 2.77. The van der Waals surface area contributed by atoms with E-state index in [1.165, 1.54) is 29.3 Å². The molecule has 1 saturated carbocycles. The minimum absolute atomic E-state index is 0.642. The van der Waals surface area contributed by atoms with Crippen molar-refractivity contribution >= 4 is 10.9 Å². The van der Waals surface area contributed by atoms with Crippen LogP contribution in [0, 0.1) is 12.8 Å². The molecule has 2 heteroatoms. The van der Waals surface area contributed by atoms with E-state index in [0.29, 0.717) is 6.04 Å². The number of rotatable bonds is 2. The number of aryl methyl sites for hydroxylation is 1. The van der Waals surface area contributed by atoms with E-state index in [1.54, 1.807) is 0 Å². The predicted molar refractivity (Wildman–Crippen MR) is 73.3 cm³/mol. The maximum Gasteiger partial charge on any atom is 0.0516 e. The first-order valence-corrected chi connectivity index (χ1v) is 6.68. The zero-order chi connectivity index (χ0) is 12.4. The molecule has 0 amide bonds. The summed E-state index contributed by atoms with van der Waals surface area (Å²) < 4.78 is 2.42. The topological polar surface area (TPSA) is 17.8 Å². The number of hydrogen-bond acceptors (Lipinski definition) is 1. The summed E-state index contributed by atoms with van der Waals surface area (Å²) in [5, 5.41) is 1.30. The molecule has 0 aliphatic heterocycles. The zero-order valence-corrected chi connectivity index (χ0v) is 11.3. The van der Waals surface area contributed by atoms with Crippen molar-refractivity contribution in [1.29, 1.82) is 0 Å². The van der Waals surface area contributed by atoms with E-state index in [4.69, 9.17) is 0 Å². The summed E-state index contributed by atoms with van der Waals surface area (Å²) in [6.45, 7) is 8.50. The third kappa shape index (κ3) is 2.21. The van der Waals surface area contributed by atoms with Gasteiger partial charge in [-0.2, -0.15) is 0 Å². The van der Waals surface area contributed by atoms with Crippen LogP contribution >= 0.6 is 0 Å². The van der Waals surface area contributed by atoms with E-state index in [1.807, 2.05) is 26.2 Å². The second kappa shape index (κ2) is 4.91. The van der Waals surface area contributed by atoms with Gasteiger partial charge in [0.15, 0.2) is 0 Å². The standard InChI is InChI=1S/C13H16N2.C2H6/c1-9-8-15(10(2)11-3-4-11)13-5-6-14-7-12(9)13;1-2/h5-8,10-11H,3-4H2,1-2H3;1-2H3. The van der Waals surface area contributed by atoms with Crippen LogP contribution in [0.1, 0.15) is 45.2 Å². The molecule has 1 atom stereocenters. The Balaban J connectivity index is 0.000000514. The molecule has 1 aliphatic carbocycles. The first kappa shape index (κ1) is 12.2. The van der Waals surface area contributed by atoms with Crippen LogP contribution in [0.15, 0.2) is 24.7 Å². The second-order valence-corrected chi connectivity index (χ2v) is 4.69. The fraction of sp³-hybridized carbons (Fsp3) is 0.533. The van der Waals surface area contributed by atoms with Crippen molar-refractivity contribution in [3.8, 4) is 0 Å². The van der Waals surface area contributed by atoms with Crippen LogP contribution in [0.25, 0.3) is 10.9 Å². The molecular weight excluding hydrogens is 208 g/mol. The SMILES string of the molecule is CC.Cc1cn(C(C)C2CC2)c2ccncc12. The average Bonchev–Trinajstić information content (AvgIpc) is 3.17.